The van der Waals surface area contributed by atoms with Crippen molar-refractivity contribution in [3.63, 3.8) is 0 Å². The van der Waals surface area contributed by atoms with Gasteiger partial charge in [-0.25, -0.2) is 4.39 Å². The maximum Gasteiger partial charge on any atom is 0.125 e. The van der Waals surface area contributed by atoms with Gasteiger partial charge in [-0.05, 0) is 25.1 Å². The Morgan fingerprint density at radius 2 is 2.31 bits per heavy atom. The Bertz CT molecular complexity index is 492. The molecule has 4 N–H and O–H groups in total. The molecule has 1 aromatic heterocycles. The van der Waals surface area contributed by atoms with Crippen molar-refractivity contribution in [3.8, 4) is 0 Å². The van der Waals surface area contributed by atoms with E-state index in [4.69, 9.17) is 5.73 Å². The van der Waals surface area contributed by atoms with Crippen LogP contribution in [0.5, 0.6) is 0 Å². The van der Waals surface area contributed by atoms with Crippen LogP contribution in [0.15, 0.2) is 24.4 Å². The number of nitrogens with one attached hydrogen (secondary N) is 2. The van der Waals surface area contributed by atoms with E-state index in [0.29, 0.717) is 12.2 Å². The first-order chi connectivity index (χ1) is 7.66. The fraction of sp³-hybridized carbons (Fsp3) is 0.182. The number of anilines is 2. The Kier molecular flexibility index (Phi) is 2.76. The van der Waals surface area contributed by atoms with Gasteiger partial charge in [0.05, 0.1) is 17.6 Å². The van der Waals surface area contributed by atoms with Crippen molar-refractivity contribution in [3.05, 3.63) is 41.5 Å². The molecule has 0 spiro atoms. The summed E-state index contributed by atoms with van der Waals surface area (Å²) in [4.78, 5) is 0. The highest BCUT2D eigenvalue weighted by atomic mass is 19.1. The maximum atomic E-state index is 12.8. The minimum absolute atomic E-state index is 0.331. The molecule has 0 aliphatic carbocycles. The second-order valence-corrected chi connectivity index (χ2v) is 3.61. The van der Waals surface area contributed by atoms with Crippen molar-refractivity contribution in [1.29, 1.82) is 0 Å². The summed E-state index contributed by atoms with van der Waals surface area (Å²) in [5, 5.41) is 9.89. The number of halogens is 1. The van der Waals surface area contributed by atoms with Crippen molar-refractivity contribution in [2.24, 2.45) is 0 Å². The van der Waals surface area contributed by atoms with Crippen LogP contribution in [0, 0.1) is 12.7 Å². The third-order valence-corrected chi connectivity index (χ3v) is 2.42. The van der Waals surface area contributed by atoms with Gasteiger partial charge in [0.15, 0.2) is 0 Å². The zero-order chi connectivity index (χ0) is 11.5. The van der Waals surface area contributed by atoms with Gasteiger partial charge < -0.3 is 11.1 Å². The number of hydrogen-bond acceptors (Lipinski definition) is 3. The molecule has 0 saturated carbocycles. The van der Waals surface area contributed by atoms with Crippen LogP contribution in [0.2, 0.25) is 0 Å². The topological polar surface area (TPSA) is 66.7 Å². The van der Waals surface area contributed by atoms with Gasteiger partial charge in [-0.15, -0.1) is 0 Å². The van der Waals surface area contributed by atoms with E-state index in [-0.39, 0.29) is 5.82 Å². The molecular formula is C11H13FN4. The normalized spacial score (nSPS) is 10.4. The van der Waals surface area contributed by atoms with Crippen molar-refractivity contribution in [2.75, 3.05) is 11.1 Å². The van der Waals surface area contributed by atoms with E-state index < -0.39 is 0 Å². The lowest BCUT2D eigenvalue weighted by Crippen LogP contribution is -2.03. The smallest absolute Gasteiger partial charge is 0.125 e. The van der Waals surface area contributed by atoms with Gasteiger partial charge in [0.2, 0.25) is 0 Å². The number of H-pyrrole nitrogens is 1. The van der Waals surface area contributed by atoms with Crippen molar-refractivity contribution in [2.45, 2.75) is 13.5 Å². The second-order valence-electron chi connectivity index (χ2n) is 3.61. The fourth-order valence-corrected chi connectivity index (χ4v) is 1.44. The molecule has 0 radical (unpaired) electrons. The first kappa shape index (κ1) is 10.5. The average Bonchev–Trinajstić information content (AvgIpc) is 2.63. The molecule has 0 amide bonds. The van der Waals surface area contributed by atoms with Crippen LogP contribution >= 0.6 is 0 Å². The van der Waals surface area contributed by atoms with E-state index in [1.807, 2.05) is 6.92 Å². The number of aryl methyl sites for hydroxylation is 1. The molecule has 4 nitrogen and oxygen atoms in total. The molecule has 84 valence electrons. The number of aromatic amines is 1. The maximum absolute atomic E-state index is 12.8. The van der Waals surface area contributed by atoms with E-state index in [1.54, 1.807) is 12.3 Å². The van der Waals surface area contributed by atoms with Gasteiger partial charge in [-0.1, -0.05) is 0 Å². The largest absolute Gasteiger partial charge is 0.397 e. The second kappa shape index (κ2) is 4.22. The molecule has 0 atom stereocenters. The summed E-state index contributed by atoms with van der Waals surface area (Å²) < 4.78 is 12.8. The monoisotopic (exact) mass is 220 g/mol. The SMILES string of the molecule is Cc1[nH]ncc1CNc1ccc(F)cc1N. The average molecular weight is 220 g/mol. The van der Waals surface area contributed by atoms with Crippen LogP contribution in [0.25, 0.3) is 0 Å². The summed E-state index contributed by atoms with van der Waals surface area (Å²) >= 11 is 0. The van der Waals surface area contributed by atoms with Crippen molar-refractivity contribution >= 4 is 11.4 Å². The molecule has 0 fully saturated rings. The van der Waals surface area contributed by atoms with Gasteiger partial charge in [0, 0.05) is 17.8 Å². The van der Waals surface area contributed by atoms with E-state index >= 15 is 0 Å². The van der Waals surface area contributed by atoms with Gasteiger partial charge in [-0.2, -0.15) is 5.10 Å². The minimum atomic E-state index is -0.331. The molecule has 2 aromatic rings. The van der Waals surface area contributed by atoms with Gasteiger partial charge in [0.25, 0.3) is 0 Å². The van der Waals surface area contributed by atoms with Crippen LogP contribution in [0.4, 0.5) is 15.8 Å². The van der Waals surface area contributed by atoms with E-state index in [0.717, 1.165) is 16.9 Å². The Hall–Kier alpha value is -2.04. The summed E-state index contributed by atoms with van der Waals surface area (Å²) in [6, 6.07) is 4.30. The summed E-state index contributed by atoms with van der Waals surface area (Å²) in [5.41, 5.74) is 8.87. The first-order valence-electron chi connectivity index (χ1n) is 4.94. The van der Waals surface area contributed by atoms with E-state index in [1.165, 1.54) is 12.1 Å². The molecule has 0 aliphatic rings. The molecule has 0 bridgehead atoms. The van der Waals surface area contributed by atoms with Gasteiger partial charge >= 0.3 is 0 Å². The van der Waals surface area contributed by atoms with Crippen molar-refractivity contribution < 1.29 is 4.39 Å². The highest BCUT2D eigenvalue weighted by Gasteiger charge is 2.03. The summed E-state index contributed by atoms with van der Waals surface area (Å²) in [6.07, 6.45) is 1.75. The fourth-order valence-electron chi connectivity index (χ4n) is 1.44. The van der Waals surface area contributed by atoms with Crippen LogP contribution in [-0.4, -0.2) is 10.2 Å². The molecule has 1 heterocycles. The highest BCUT2D eigenvalue weighted by Crippen LogP contribution is 2.20. The third kappa shape index (κ3) is 2.13. The first-order valence-corrected chi connectivity index (χ1v) is 4.94. The van der Waals surface area contributed by atoms with E-state index in [2.05, 4.69) is 15.5 Å². The summed E-state index contributed by atoms with van der Waals surface area (Å²) in [6.45, 7) is 2.55. The summed E-state index contributed by atoms with van der Waals surface area (Å²) in [7, 11) is 0. The minimum Gasteiger partial charge on any atom is -0.397 e. The zero-order valence-electron chi connectivity index (χ0n) is 8.92. The van der Waals surface area contributed by atoms with Crippen molar-refractivity contribution in [1.82, 2.24) is 10.2 Å². The van der Waals surface area contributed by atoms with Crippen LogP contribution in [-0.2, 0) is 6.54 Å². The number of nitrogen functional groups attached to an aromatic ring is 1. The zero-order valence-corrected chi connectivity index (χ0v) is 8.92. The molecule has 5 heteroatoms. The lowest BCUT2D eigenvalue weighted by atomic mass is 10.2. The van der Waals surface area contributed by atoms with E-state index in [9.17, 15) is 4.39 Å². The number of nitrogens with two attached hydrogens (primary N) is 1. The van der Waals surface area contributed by atoms with Crippen LogP contribution < -0.4 is 11.1 Å². The lowest BCUT2D eigenvalue weighted by Gasteiger charge is -2.08. The molecule has 0 unspecified atom stereocenters. The predicted octanol–water partition coefficient (Wildman–Crippen LogP) is 2.05. The molecule has 1 aromatic carbocycles. The van der Waals surface area contributed by atoms with Crippen LogP contribution in [0.1, 0.15) is 11.3 Å². The highest BCUT2D eigenvalue weighted by molar-refractivity contribution is 5.65. The molecule has 2 rings (SSSR count). The molecule has 0 aliphatic heterocycles. The number of benzene rings is 1. The third-order valence-electron chi connectivity index (χ3n) is 2.42. The molecule has 16 heavy (non-hydrogen) atoms. The van der Waals surface area contributed by atoms with Crippen LogP contribution in [0.3, 0.4) is 0 Å². The van der Waals surface area contributed by atoms with Gasteiger partial charge in [0.1, 0.15) is 5.82 Å². The Balaban J connectivity index is 2.08. The Morgan fingerprint density at radius 1 is 1.50 bits per heavy atom. The number of hydrogen-bond donors (Lipinski definition) is 3. The van der Waals surface area contributed by atoms with Gasteiger partial charge in [-0.3, -0.25) is 5.10 Å². The number of aromatic nitrogens is 2. The molecule has 0 saturated heterocycles. The standard InChI is InChI=1S/C11H13FN4/c1-7-8(6-15-16-7)5-14-11-3-2-9(12)4-10(11)13/h2-4,6,14H,5,13H2,1H3,(H,15,16). The Morgan fingerprint density at radius 3 is 2.94 bits per heavy atom. The number of rotatable bonds is 3. The molecular weight excluding hydrogens is 207 g/mol. The predicted molar refractivity (Wildman–Crippen MR) is 61.5 cm³/mol. The summed E-state index contributed by atoms with van der Waals surface area (Å²) in [5.74, 6) is -0.331. The quantitative estimate of drug-likeness (QED) is 0.693. The lowest BCUT2D eigenvalue weighted by molar-refractivity contribution is 0.628. The number of nitrogens with zero attached hydrogens (tertiary/aromatic N) is 1. The Labute approximate surface area is 92.7 Å².